The van der Waals surface area contributed by atoms with E-state index in [-0.39, 0.29) is 22.2 Å². The smallest absolute Gasteiger partial charge is 0.309 e. The molecule has 0 spiro atoms. The maximum atomic E-state index is 13.8. The molecule has 184 valence electrons. The van der Waals surface area contributed by atoms with Crippen LogP contribution in [0.5, 0.6) is 0 Å². The molecule has 0 aliphatic rings. The molecule has 7 heteroatoms. The van der Waals surface area contributed by atoms with Gasteiger partial charge in [-0.25, -0.2) is 0 Å². The molecule has 0 fully saturated rings. The zero-order valence-corrected chi connectivity index (χ0v) is 19.7. The fourth-order valence-electron chi connectivity index (χ4n) is 4.37. The molecule has 4 nitrogen and oxygen atoms in total. The van der Waals surface area contributed by atoms with Crippen LogP contribution in [-0.4, -0.2) is 15.8 Å². The van der Waals surface area contributed by atoms with Gasteiger partial charge in [-0.15, -0.1) is 0 Å². The number of hydrogen-bond acceptors (Lipinski definition) is 4. The molecular formula is C30H22F3N3O. The van der Waals surface area contributed by atoms with Gasteiger partial charge in [-0.05, 0) is 41.0 Å². The lowest BCUT2D eigenvalue weighted by molar-refractivity contribution is -0.136. The first-order valence-corrected chi connectivity index (χ1v) is 11.7. The van der Waals surface area contributed by atoms with Gasteiger partial charge in [0.25, 0.3) is 0 Å². The summed E-state index contributed by atoms with van der Waals surface area (Å²) < 4.78 is 41.4. The zero-order valence-electron chi connectivity index (χ0n) is 19.7. The van der Waals surface area contributed by atoms with Crippen LogP contribution in [0.4, 0.5) is 13.2 Å². The minimum atomic E-state index is -4.58. The summed E-state index contributed by atoms with van der Waals surface area (Å²) in [4.78, 5) is 21.6. The molecule has 2 heterocycles. The Labute approximate surface area is 211 Å². The molecule has 0 bridgehead atoms. The van der Waals surface area contributed by atoms with Gasteiger partial charge in [0.15, 0.2) is 5.78 Å². The second kappa shape index (κ2) is 10.3. The SMILES string of the molecule is O=C(c1ccccc1)c1cnc2c(C(F)(F)F)cccc2c1-c1cccc(CNCc2ccncc2)c1. The quantitative estimate of drug-likeness (QED) is 0.250. The standard InChI is InChI=1S/C30H22F3N3O/c31-30(32,33)26-11-5-10-24-27(25(19-36-28(24)26)29(37)22-7-2-1-3-8-22)23-9-4-6-21(16-23)18-35-17-20-12-14-34-15-13-20/h1-16,19,35H,17-18H2. The molecule has 0 aliphatic carbocycles. The number of nitrogens with zero attached hydrogens (tertiary/aromatic N) is 2. The number of hydrogen-bond donors (Lipinski definition) is 1. The number of alkyl halides is 3. The fourth-order valence-corrected chi connectivity index (χ4v) is 4.37. The Kier molecular flexibility index (Phi) is 6.79. The van der Waals surface area contributed by atoms with E-state index in [4.69, 9.17) is 0 Å². The zero-order chi connectivity index (χ0) is 25.8. The van der Waals surface area contributed by atoms with Gasteiger partial charge in [0, 0.05) is 53.8 Å². The largest absolute Gasteiger partial charge is 0.418 e. The molecule has 5 aromatic rings. The van der Waals surface area contributed by atoms with E-state index in [9.17, 15) is 18.0 Å². The van der Waals surface area contributed by atoms with Gasteiger partial charge in [0.05, 0.1) is 11.1 Å². The summed E-state index contributed by atoms with van der Waals surface area (Å²) in [6.07, 6.45) is 0.142. The van der Waals surface area contributed by atoms with E-state index in [1.165, 1.54) is 12.3 Å². The number of carbonyl (C=O) groups is 1. The van der Waals surface area contributed by atoms with Gasteiger partial charge in [-0.3, -0.25) is 14.8 Å². The molecule has 0 saturated carbocycles. The first-order valence-electron chi connectivity index (χ1n) is 11.7. The molecule has 5 rings (SSSR count). The lowest BCUT2D eigenvalue weighted by Crippen LogP contribution is -2.13. The molecule has 0 radical (unpaired) electrons. The van der Waals surface area contributed by atoms with Gasteiger partial charge in [-0.2, -0.15) is 13.2 Å². The topological polar surface area (TPSA) is 54.9 Å². The first-order chi connectivity index (χ1) is 17.9. The van der Waals surface area contributed by atoms with Crippen LogP contribution in [0.25, 0.3) is 22.0 Å². The number of fused-ring (bicyclic) bond motifs is 1. The van der Waals surface area contributed by atoms with Crippen molar-refractivity contribution in [2.75, 3.05) is 0 Å². The number of ketones is 1. The lowest BCUT2D eigenvalue weighted by atomic mass is 9.90. The fraction of sp³-hybridized carbons (Fsp3) is 0.100. The van der Waals surface area contributed by atoms with Crippen LogP contribution in [0.1, 0.15) is 32.6 Å². The van der Waals surface area contributed by atoms with Crippen LogP contribution in [-0.2, 0) is 19.3 Å². The van der Waals surface area contributed by atoms with E-state index in [0.29, 0.717) is 29.8 Å². The molecule has 0 amide bonds. The molecule has 3 aromatic carbocycles. The van der Waals surface area contributed by atoms with Gasteiger partial charge in [-0.1, -0.05) is 60.7 Å². The number of nitrogens with one attached hydrogen (secondary N) is 1. The Morgan fingerprint density at radius 2 is 1.54 bits per heavy atom. The highest BCUT2D eigenvalue weighted by molar-refractivity contribution is 6.16. The van der Waals surface area contributed by atoms with Crippen molar-refractivity contribution in [3.05, 3.63) is 131 Å². The molecule has 0 aliphatic heterocycles. The Balaban J connectivity index is 1.60. The predicted octanol–water partition coefficient (Wildman–Crippen LogP) is 6.84. The van der Waals surface area contributed by atoms with E-state index < -0.39 is 11.7 Å². The average Bonchev–Trinajstić information content (AvgIpc) is 2.92. The van der Waals surface area contributed by atoms with Crippen molar-refractivity contribution >= 4 is 16.7 Å². The maximum absolute atomic E-state index is 13.8. The molecule has 37 heavy (non-hydrogen) atoms. The third-order valence-corrected chi connectivity index (χ3v) is 6.11. The van der Waals surface area contributed by atoms with Crippen LogP contribution in [0.3, 0.4) is 0 Å². The Hall–Kier alpha value is -4.36. The van der Waals surface area contributed by atoms with Crippen molar-refractivity contribution in [3.63, 3.8) is 0 Å². The highest BCUT2D eigenvalue weighted by Gasteiger charge is 2.34. The Morgan fingerprint density at radius 1 is 0.811 bits per heavy atom. The molecule has 0 atom stereocenters. The third-order valence-electron chi connectivity index (χ3n) is 6.11. The molecular weight excluding hydrogens is 475 g/mol. The number of carbonyl (C=O) groups excluding carboxylic acids is 1. The van der Waals surface area contributed by atoms with Crippen LogP contribution >= 0.6 is 0 Å². The monoisotopic (exact) mass is 497 g/mol. The van der Waals surface area contributed by atoms with E-state index in [1.54, 1.807) is 48.8 Å². The number of halogens is 3. The number of aromatic nitrogens is 2. The highest BCUT2D eigenvalue weighted by atomic mass is 19.4. The van der Waals surface area contributed by atoms with Gasteiger partial charge in [0.2, 0.25) is 0 Å². The van der Waals surface area contributed by atoms with Gasteiger partial charge in [0.1, 0.15) is 0 Å². The Morgan fingerprint density at radius 3 is 2.30 bits per heavy atom. The number of rotatable bonds is 7. The summed E-state index contributed by atoms with van der Waals surface area (Å²) in [5.74, 6) is -0.302. The van der Waals surface area contributed by atoms with Crippen molar-refractivity contribution in [1.82, 2.24) is 15.3 Å². The normalized spacial score (nSPS) is 11.5. The lowest BCUT2D eigenvalue weighted by Gasteiger charge is -2.16. The highest BCUT2D eigenvalue weighted by Crippen LogP contribution is 2.39. The van der Waals surface area contributed by atoms with Crippen LogP contribution in [0, 0.1) is 0 Å². The second-order valence-electron chi connectivity index (χ2n) is 8.60. The van der Waals surface area contributed by atoms with Crippen molar-refractivity contribution in [2.45, 2.75) is 19.3 Å². The summed E-state index contributed by atoms with van der Waals surface area (Å²) >= 11 is 0. The molecule has 0 saturated heterocycles. The second-order valence-corrected chi connectivity index (χ2v) is 8.60. The Bertz CT molecular complexity index is 1550. The van der Waals surface area contributed by atoms with Crippen molar-refractivity contribution < 1.29 is 18.0 Å². The summed E-state index contributed by atoms with van der Waals surface area (Å²) in [5.41, 5.74) is 2.77. The van der Waals surface area contributed by atoms with E-state index >= 15 is 0 Å². The van der Waals surface area contributed by atoms with Crippen LogP contribution < -0.4 is 5.32 Å². The summed E-state index contributed by atoms with van der Waals surface area (Å²) in [6.45, 7) is 1.17. The minimum Gasteiger partial charge on any atom is -0.309 e. The number of benzene rings is 3. The van der Waals surface area contributed by atoms with Gasteiger partial charge >= 0.3 is 6.18 Å². The summed E-state index contributed by atoms with van der Waals surface area (Å²) in [5, 5.41) is 3.65. The number of pyridine rings is 2. The van der Waals surface area contributed by atoms with Crippen LogP contribution in [0.15, 0.2) is 104 Å². The minimum absolute atomic E-state index is 0.184. The van der Waals surface area contributed by atoms with Crippen LogP contribution in [0.2, 0.25) is 0 Å². The third kappa shape index (κ3) is 5.27. The molecule has 0 unspecified atom stereocenters. The predicted molar refractivity (Wildman–Crippen MR) is 137 cm³/mol. The van der Waals surface area contributed by atoms with Crippen molar-refractivity contribution in [1.29, 1.82) is 0 Å². The van der Waals surface area contributed by atoms with E-state index in [2.05, 4.69) is 15.3 Å². The molecule has 2 aromatic heterocycles. The average molecular weight is 498 g/mol. The van der Waals surface area contributed by atoms with Gasteiger partial charge < -0.3 is 5.32 Å². The van der Waals surface area contributed by atoms with E-state index in [1.807, 2.05) is 36.4 Å². The van der Waals surface area contributed by atoms with E-state index in [0.717, 1.165) is 17.2 Å². The summed E-state index contributed by atoms with van der Waals surface area (Å²) in [7, 11) is 0. The first kappa shape index (κ1) is 24.3. The van der Waals surface area contributed by atoms with Crippen molar-refractivity contribution in [2.24, 2.45) is 0 Å². The maximum Gasteiger partial charge on any atom is 0.418 e. The van der Waals surface area contributed by atoms with Crippen molar-refractivity contribution in [3.8, 4) is 11.1 Å². The summed E-state index contributed by atoms with van der Waals surface area (Å²) in [6, 6.07) is 23.9. The number of para-hydroxylation sites is 1. The molecule has 1 N–H and O–H groups in total.